The van der Waals surface area contributed by atoms with Gasteiger partial charge in [-0.2, -0.15) is 0 Å². The van der Waals surface area contributed by atoms with Crippen LogP contribution in [0.1, 0.15) is 0 Å². The molecule has 11 aromatic carbocycles. The molecule has 0 saturated heterocycles. The van der Waals surface area contributed by atoms with Crippen molar-refractivity contribution in [2.45, 2.75) is 0 Å². The minimum atomic E-state index is 0.941. The largest absolute Gasteiger partial charge is 0.292 e. The number of hydrogen-bond acceptors (Lipinski definition) is 1. The second-order valence-electron chi connectivity index (χ2n) is 14.7. The fourth-order valence-corrected chi connectivity index (χ4v) is 9.18. The first-order chi connectivity index (χ1) is 27.3. The standard InChI is InChI=1S/C53H32N2/c1-2-12-42(13-3-1)55-48-18-5-4-17-47(48)54-53(55)39-28-23-34(24-29-39)33-19-21-35(22-20-33)41-31-40-30-27-38-10-7-15-44-43-14-6-9-36-25-26-37-11-8-16-45(51(37)49(36)43)46(32-41)52(40)50(38)44/h1-32H. The van der Waals surface area contributed by atoms with E-state index in [2.05, 4.69) is 199 Å². The van der Waals surface area contributed by atoms with E-state index in [1.807, 2.05) is 0 Å². The van der Waals surface area contributed by atoms with Gasteiger partial charge in [0.2, 0.25) is 0 Å². The number of imidazole rings is 1. The molecule has 1 heterocycles. The number of para-hydroxylation sites is 3. The summed E-state index contributed by atoms with van der Waals surface area (Å²) in [6.45, 7) is 0. The zero-order chi connectivity index (χ0) is 36.0. The molecule has 0 aliphatic heterocycles. The molecule has 0 amide bonds. The van der Waals surface area contributed by atoms with Crippen molar-refractivity contribution < 1.29 is 0 Å². The first kappa shape index (κ1) is 30.2. The zero-order valence-corrected chi connectivity index (χ0v) is 29.9. The van der Waals surface area contributed by atoms with Gasteiger partial charge in [-0.15, -0.1) is 0 Å². The van der Waals surface area contributed by atoms with E-state index in [4.69, 9.17) is 4.98 Å². The number of benzene rings is 10. The van der Waals surface area contributed by atoms with E-state index in [1.54, 1.807) is 0 Å². The van der Waals surface area contributed by atoms with Crippen LogP contribution in [0.15, 0.2) is 194 Å². The molecule has 0 spiro atoms. The van der Waals surface area contributed by atoms with Gasteiger partial charge < -0.3 is 0 Å². The second kappa shape index (κ2) is 11.6. The maximum Gasteiger partial charge on any atom is 0.145 e. The van der Waals surface area contributed by atoms with Crippen LogP contribution in [-0.4, -0.2) is 9.55 Å². The van der Waals surface area contributed by atoms with Crippen molar-refractivity contribution in [3.05, 3.63) is 194 Å². The van der Waals surface area contributed by atoms with Crippen LogP contribution in [0.3, 0.4) is 0 Å². The topological polar surface area (TPSA) is 17.8 Å². The van der Waals surface area contributed by atoms with Crippen LogP contribution in [0, 0.1) is 0 Å². The van der Waals surface area contributed by atoms with Crippen LogP contribution in [0.4, 0.5) is 0 Å². The quantitative estimate of drug-likeness (QED) is 0.168. The summed E-state index contributed by atoms with van der Waals surface area (Å²) in [7, 11) is 0. The maximum atomic E-state index is 5.07. The van der Waals surface area contributed by atoms with Crippen molar-refractivity contribution in [3.8, 4) is 39.3 Å². The zero-order valence-electron chi connectivity index (χ0n) is 29.9. The molecule has 1 aromatic heterocycles. The number of rotatable bonds is 4. The summed E-state index contributed by atoms with van der Waals surface area (Å²) in [5.74, 6) is 0.941. The minimum absolute atomic E-state index is 0.941. The third-order valence-corrected chi connectivity index (χ3v) is 11.7. The number of fused-ring (bicyclic) bond motifs is 3. The van der Waals surface area contributed by atoms with Crippen molar-refractivity contribution in [1.82, 2.24) is 9.55 Å². The fourth-order valence-electron chi connectivity index (χ4n) is 9.18. The van der Waals surface area contributed by atoms with Gasteiger partial charge in [0.15, 0.2) is 0 Å². The monoisotopic (exact) mass is 696 g/mol. The van der Waals surface area contributed by atoms with Gasteiger partial charge in [0.25, 0.3) is 0 Å². The van der Waals surface area contributed by atoms with E-state index in [9.17, 15) is 0 Å². The normalized spacial score (nSPS) is 12.0. The highest BCUT2D eigenvalue weighted by Crippen LogP contribution is 2.44. The molecule has 0 fully saturated rings. The maximum absolute atomic E-state index is 5.07. The Balaban J connectivity index is 0.998. The lowest BCUT2D eigenvalue weighted by Gasteiger charge is -2.17. The Labute approximate surface area is 317 Å². The van der Waals surface area contributed by atoms with Crippen molar-refractivity contribution in [2.24, 2.45) is 0 Å². The molecule has 0 saturated carbocycles. The molecule has 0 aliphatic rings. The lowest BCUT2D eigenvalue weighted by molar-refractivity contribution is 1.10. The molecule has 254 valence electrons. The molecule has 2 heteroatoms. The Bertz CT molecular complexity index is 3440. The highest BCUT2D eigenvalue weighted by Gasteiger charge is 2.17. The Morgan fingerprint density at radius 2 is 0.782 bits per heavy atom. The smallest absolute Gasteiger partial charge is 0.145 e. The summed E-state index contributed by atoms with van der Waals surface area (Å²) >= 11 is 0. The average Bonchev–Trinajstić information content (AvgIpc) is 3.65. The van der Waals surface area contributed by atoms with Gasteiger partial charge in [-0.25, -0.2) is 4.98 Å². The van der Waals surface area contributed by atoms with Crippen LogP contribution in [-0.2, 0) is 0 Å². The van der Waals surface area contributed by atoms with Crippen LogP contribution < -0.4 is 0 Å². The summed E-state index contributed by atoms with van der Waals surface area (Å²) in [4.78, 5) is 5.07. The molecule has 0 atom stereocenters. The Morgan fingerprint density at radius 3 is 1.38 bits per heavy atom. The molecule has 0 radical (unpaired) electrons. The summed E-state index contributed by atoms with van der Waals surface area (Å²) in [6, 6.07) is 71.1. The van der Waals surface area contributed by atoms with Crippen LogP contribution in [0.5, 0.6) is 0 Å². The third-order valence-electron chi connectivity index (χ3n) is 11.7. The van der Waals surface area contributed by atoms with Crippen molar-refractivity contribution in [1.29, 1.82) is 0 Å². The molecule has 0 unspecified atom stereocenters. The number of nitrogens with zero attached hydrogens (tertiary/aromatic N) is 2. The van der Waals surface area contributed by atoms with Crippen molar-refractivity contribution in [2.75, 3.05) is 0 Å². The molecule has 2 nitrogen and oxygen atoms in total. The molecule has 12 aromatic rings. The summed E-state index contributed by atoms with van der Waals surface area (Å²) in [6.07, 6.45) is 0. The van der Waals surface area contributed by atoms with Gasteiger partial charge in [0.1, 0.15) is 5.82 Å². The Morgan fingerprint density at radius 1 is 0.309 bits per heavy atom. The van der Waals surface area contributed by atoms with Gasteiger partial charge in [-0.05, 0) is 123 Å². The van der Waals surface area contributed by atoms with Gasteiger partial charge in [0, 0.05) is 11.3 Å². The predicted molar refractivity (Wildman–Crippen MR) is 234 cm³/mol. The molecule has 0 aliphatic carbocycles. The van der Waals surface area contributed by atoms with Gasteiger partial charge in [-0.3, -0.25) is 4.57 Å². The molecular weight excluding hydrogens is 665 g/mol. The molecule has 0 N–H and O–H groups in total. The lowest BCUT2D eigenvalue weighted by atomic mass is 9.86. The van der Waals surface area contributed by atoms with Gasteiger partial charge in [-0.1, -0.05) is 158 Å². The lowest BCUT2D eigenvalue weighted by Crippen LogP contribution is -1.97. The summed E-state index contributed by atoms with van der Waals surface area (Å²) < 4.78 is 2.25. The van der Waals surface area contributed by atoms with E-state index in [1.165, 1.54) is 86.9 Å². The third kappa shape index (κ3) is 4.52. The van der Waals surface area contributed by atoms with Gasteiger partial charge >= 0.3 is 0 Å². The van der Waals surface area contributed by atoms with Gasteiger partial charge in [0.05, 0.1) is 11.0 Å². The molecule has 55 heavy (non-hydrogen) atoms. The summed E-state index contributed by atoms with van der Waals surface area (Å²) in [5, 5.41) is 15.6. The highest BCUT2D eigenvalue weighted by molar-refractivity contribution is 6.37. The average molecular weight is 697 g/mol. The van der Waals surface area contributed by atoms with E-state index < -0.39 is 0 Å². The van der Waals surface area contributed by atoms with E-state index in [0.29, 0.717) is 0 Å². The van der Waals surface area contributed by atoms with Crippen LogP contribution >= 0.6 is 0 Å². The van der Waals surface area contributed by atoms with Crippen LogP contribution in [0.2, 0.25) is 0 Å². The molecule has 0 bridgehead atoms. The first-order valence-corrected chi connectivity index (χ1v) is 19.0. The van der Waals surface area contributed by atoms with E-state index in [-0.39, 0.29) is 0 Å². The molecular formula is C53H32N2. The summed E-state index contributed by atoms with van der Waals surface area (Å²) in [5.41, 5.74) is 9.07. The minimum Gasteiger partial charge on any atom is -0.292 e. The SMILES string of the molecule is c1ccc(-n2c(-c3ccc(-c4ccc(-c5cc6ccc7cccc8c9cccc%10ccc%11cccc(c(c5)c6c78)c%11c%109)cc4)cc3)nc3ccccc32)cc1. The van der Waals surface area contributed by atoms with E-state index in [0.717, 1.165) is 28.1 Å². The molecule has 12 rings (SSSR count). The highest BCUT2D eigenvalue weighted by atomic mass is 15.1. The number of aromatic nitrogens is 2. The van der Waals surface area contributed by atoms with Crippen molar-refractivity contribution in [3.63, 3.8) is 0 Å². The van der Waals surface area contributed by atoms with Crippen molar-refractivity contribution >= 4 is 75.7 Å². The van der Waals surface area contributed by atoms with E-state index >= 15 is 0 Å². The Hall–Kier alpha value is -7.29. The number of hydrogen-bond donors (Lipinski definition) is 0. The second-order valence-corrected chi connectivity index (χ2v) is 14.7. The Kier molecular flexibility index (Phi) is 6.37. The van der Waals surface area contributed by atoms with Crippen LogP contribution in [0.25, 0.3) is 115 Å². The first-order valence-electron chi connectivity index (χ1n) is 19.0. The predicted octanol–water partition coefficient (Wildman–Crippen LogP) is 14.4. The fraction of sp³-hybridized carbons (Fsp3) is 0.